The zero-order valence-corrected chi connectivity index (χ0v) is 12.0. The van der Waals surface area contributed by atoms with Gasteiger partial charge in [0, 0.05) is 19.7 Å². The molecular weight excluding hydrogens is 273 g/mol. The van der Waals surface area contributed by atoms with E-state index in [0.717, 1.165) is 31.7 Å². The molecule has 0 spiro atoms. The van der Waals surface area contributed by atoms with Gasteiger partial charge >= 0.3 is 0 Å². The summed E-state index contributed by atoms with van der Waals surface area (Å²) >= 11 is 0. The SMILES string of the molecule is CC1CN(c2noc(Cc3ccc(F)cc3)n2)CCCO1. The van der Waals surface area contributed by atoms with Crippen LogP contribution < -0.4 is 4.90 Å². The molecule has 2 heterocycles. The summed E-state index contributed by atoms with van der Waals surface area (Å²) in [6.07, 6.45) is 1.62. The number of benzene rings is 1. The second kappa shape index (κ2) is 6.22. The monoisotopic (exact) mass is 291 g/mol. The predicted molar refractivity (Wildman–Crippen MR) is 75.7 cm³/mol. The van der Waals surface area contributed by atoms with Gasteiger partial charge in [-0.1, -0.05) is 12.1 Å². The smallest absolute Gasteiger partial charge is 0.266 e. The molecule has 5 nitrogen and oxygen atoms in total. The summed E-state index contributed by atoms with van der Waals surface area (Å²) in [6.45, 7) is 4.42. The fourth-order valence-corrected chi connectivity index (χ4v) is 2.40. The minimum absolute atomic E-state index is 0.159. The normalized spacial score (nSPS) is 19.5. The van der Waals surface area contributed by atoms with E-state index >= 15 is 0 Å². The van der Waals surface area contributed by atoms with Crippen LogP contribution in [0.1, 0.15) is 24.8 Å². The van der Waals surface area contributed by atoms with E-state index in [1.54, 1.807) is 12.1 Å². The van der Waals surface area contributed by atoms with Gasteiger partial charge in [0.2, 0.25) is 5.89 Å². The van der Waals surface area contributed by atoms with E-state index in [2.05, 4.69) is 15.0 Å². The highest BCUT2D eigenvalue weighted by molar-refractivity contribution is 5.29. The van der Waals surface area contributed by atoms with E-state index in [4.69, 9.17) is 9.26 Å². The molecule has 1 fully saturated rings. The maximum atomic E-state index is 12.9. The molecule has 2 aromatic rings. The van der Waals surface area contributed by atoms with E-state index in [-0.39, 0.29) is 11.9 Å². The molecule has 3 rings (SSSR count). The van der Waals surface area contributed by atoms with E-state index in [9.17, 15) is 4.39 Å². The van der Waals surface area contributed by atoms with Gasteiger partial charge in [0.1, 0.15) is 5.82 Å². The Labute approximate surface area is 122 Å². The molecule has 0 radical (unpaired) electrons. The Morgan fingerprint density at radius 2 is 2.14 bits per heavy atom. The average Bonchev–Trinajstić information content (AvgIpc) is 2.82. The quantitative estimate of drug-likeness (QED) is 0.869. The number of halogens is 1. The van der Waals surface area contributed by atoms with Crippen LogP contribution >= 0.6 is 0 Å². The van der Waals surface area contributed by atoms with E-state index < -0.39 is 0 Å². The lowest BCUT2D eigenvalue weighted by atomic mass is 10.1. The van der Waals surface area contributed by atoms with Crippen molar-refractivity contribution in [1.29, 1.82) is 0 Å². The highest BCUT2D eigenvalue weighted by Gasteiger charge is 2.19. The molecule has 1 saturated heterocycles. The van der Waals surface area contributed by atoms with Crippen LogP contribution in [0.4, 0.5) is 10.3 Å². The second-order valence-corrected chi connectivity index (χ2v) is 5.27. The van der Waals surface area contributed by atoms with E-state index in [1.165, 1.54) is 12.1 Å². The van der Waals surface area contributed by atoms with Crippen LogP contribution in [0.25, 0.3) is 0 Å². The van der Waals surface area contributed by atoms with Crippen molar-refractivity contribution >= 4 is 5.95 Å². The number of hydrogen-bond acceptors (Lipinski definition) is 5. The summed E-state index contributed by atoms with van der Waals surface area (Å²) in [4.78, 5) is 6.51. The molecular formula is C15H18FN3O2. The van der Waals surface area contributed by atoms with Gasteiger partial charge in [-0.05, 0) is 36.2 Å². The molecule has 1 aliphatic rings. The van der Waals surface area contributed by atoms with Gasteiger partial charge in [-0.15, -0.1) is 0 Å². The first-order valence-corrected chi connectivity index (χ1v) is 7.14. The first-order chi connectivity index (χ1) is 10.2. The minimum Gasteiger partial charge on any atom is -0.377 e. The zero-order valence-electron chi connectivity index (χ0n) is 12.0. The molecule has 1 aliphatic heterocycles. The molecule has 21 heavy (non-hydrogen) atoms. The molecule has 1 unspecified atom stereocenters. The summed E-state index contributed by atoms with van der Waals surface area (Å²) < 4.78 is 23.8. The molecule has 0 N–H and O–H groups in total. The third-order valence-corrected chi connectivity index (χ3v) is 3.46. The number of anilines is 1. The fraction of sp³-hybridized carbons (Fsp3) is 0.467. The lowest BCUT2D eigenvalue weighted by Crippen LogP contribution is -2.30. The fourth-order valence-electron chi connectivity index (χ4n) is 2.40. The highest BCUT2D eigenvalue weighted by Crippen LogP contribution is 2.16. The largest absolute Gasteiger partial charge is 0.377 e. The Kier molecular flexibility index (Phi) is 4.15. The van der Waals surface area contributed by atoms with Crippen molar-refractivity contribution in [3.05, 3.63) is 41.5 Å². The molecule has 1 aromatic carbocycles. The number of hydrogen-bond donors (Lipinski definition) is 0. The lowest BCUT2D eigenvalue weighted by molar-refractivity contribution is 0.0820. The third kappa shape index (κ3) is 3.58. The van der Waals surface area contributed by atoms with Gasteiger partial charge in [0.15, 0.2) is 0 Å². The van der Waals surface area contributed by atoms with Crippen LogP contribution in [0.3, 0.4) is 0 Å². The standard InChI is InChI=1S/C15H18FN3O2/c1-11-10-19(7-2-8-20-11)15-17-14(21-18-15)9-12-3-5-13(16)6-4-12/h3-6,11H,2,7-10H2,1H3. The summed E-state index contributed by atoms with van der Waals surface area (Å²) in [5.74, 6) is 0.891. The van der Waals surface area contributed by atoms with Crippen molar-refractivity contribution in [2.75, 3.05) is 24.6 Å². The average molecular weight is 291 g/mol. The molecule has 0 aliphatic carbocycles. The van der Waals surface area contributed by atoms with Gasteiger partial charge in [-0.25, -0.2) is 4.39 Å². The van der Waals surface area contributed by atoms with Gasteiger partial charge in [0.05, 0.1) is 12.5 Å². The molecule has 1 atom stereocenters. The Morgan fingerprint density at radius 1 is 1.33 bits per heavy atom. The molecule has 112 valence electrons. The van der Waals surface area contributed by atoms with Crippen LogP contribution in [0.15, 0.2) is 28.8 Å². The topological polar surface area (TPSA) is 51.4 Å². The second-order valence-electron chi connectivity index (χ2n) is 5.27. The van der Waals surface area contributed by atoms with Crippen LogP contribution in [0.5, 0.6) is 0 Å². The van der Waals surface area contributed by atoms with Crippen molar-refractivity contribution in [3.63, 3.8) is 0 Å². The van der Waals surface area contributed by atoms with Gasteiger partial charge < -0.3 is 14.2 Å². The Bertz CT molecular complexity index is 585. The van der Waals surface area contributed by atoms with E-state index in [0.29, 0.717) is 18.3 Å². The summed E-state index contributed by atoms with van der Waals surface area (Å²) in [7, 11) is 0. The maximum Gasteiger partial charge on any atom is 0.266 e. The number of aromatic nitrogens is 2. The van der Waals surface area contributed by atoms with Crippen LogP contribution in [0.2, 0.25) is 0 Å². The van der Waals surface area contributed by atoms with Crippen LogP contribution in [-0.4, -0.2) is 35.9 Å². The van der Waals surface area contributed by atoms with E-state index in [1.807, 2.05) is 6.92 Å². The molecule has 6 heteroatoms. The Morgan fingerprint density at radius 3 is 2.95 bits per heavy atom. The first kappa shape index (κ1) is 14.0. The van der Waals surface area contributed by atoms with Crippen molar-refractivity contribution < 1.29 is 13.7 Å². The van der Waals surface area contributed by atoms with Crippen molar-refractivity contribution in [3.8, 4) is 0 Å². The minimum atomic E-state index is -0.247. The lowest BCUT2D eigenvalue weighted by Gasteiger charge is -2.19. The molecule has 0 saturated carbocycles. The first-order valence-electron chi connectivity index (χ1n) is 7.14. The molecule has 1 aromatic heterocycles. The number of rotatable bonds is 3. The highest BCUT2D eigenvalue weighted by atomic mass is 19.1. The summed E-state index contributed by atoms with van der Waals surface area (Å²) in [6, 6.07) is 6.31. The van der Waals surface area contributed by atoms with Crippen LogP contribution in [0, 0.1) is 5.82 Å². The predicted octanol–water partition coefficient (Wildman–Crippen LogP) is 2.41. The summed E-state index contributed by atoms with van der Waals surface area (Å²) in [5.41, 5.74) is 0.944. The van der Waals surface area contributed by atoms with Crippen molar-refractivity contribution in [2.45, 2.75) is 25.9 Å². The Hall–Kier alpha value is -1.95. The number of nitrogens with zero attached hydrogens (tertiary/aromatic N) is 3. The van der Waals surface area contributed by atoms with Gasteiger partial charge in [-0.2, -0.15) is 4.98 Å². The summed E-state index contributed by atoms with van der Waals surface area (Å²) in [5, 5.41) is 4.04. The molecule has 0 bridgehead atoms. The molecule has 0 amide bonds. The Balaban J connectivity index is 1.69. The van der Waals surface area contributed by atoms with Crippen LogP contribution in [-0.2, 0) is 11.2 Å². The van der Waals surface area contributed by atoms with Gasteiger partial charge in [0.25, 0.3) is 5.95 Å². The zero-order chi connectivity index (χ0) is 14.7. The third-order valence-electron chi connectivity index (χ3n) is 3.46. The van der Waals surface area contributed by atoms with Crippen molar-refractivity contribution in [2.24, 2.45) is 0 Å². The maximum absolute atomic E-state index is 12.9. The van der Waals surface area contributed by atoms with Gasteiger partial charge in [-0.3, -0.25) is 0 Å². The number of ether oxygens (including phenoxy) is 1. The van der Waals surface area contributed by atoms with Crippen molar-refractivity contribution in [1.82, 2.24) is 10.1 Å².